The molecule has 1 aromatic heterocycles. The molecule has 28 heavy (non-hydrogen) atoms. The molecule has 1 atom stereocenters. The molecule has 0 saturated carbocycles. The predicted molar refractivity (Wildman–Crippen MR) is 106 cm³/mol. The monoisotopic (exact) mass is 402 g/mol. The van der Waals surface area contributed by atoms with Gasteiger partial charge >= 0.3 is 5.97 Å². The summed E-state index contributed by atoms with van der Waals surface area (Å²) in [6, 6.07) is 9.53. The highest BCUT2D eigenvalue weighted by Gasteiger charge is 2.20. The fourth-order valence-corrected chi connectivity index (χ4v) is 3.18. The van der Waals surface area contributed by atoms with Gasteiger partial charge in [0.05, 0.1) is 12.5 Å². The van der Waals surface area contributed by atoms with Crippen molar-refractivity contribution in [1.82, 2.24) is 5.32 Å². The van der Waals surface area contributed by atoms with Crippen molar-refractivity contribution in [2.75, 3.05) is 11.9 Å². The smallest absolute Gasteiger partial charge is 0.308 e. The molecule has 0 aliphatic rings. The van der Waals surface area contributed by atoms with Crippen LogP contribution in [0.1, 0.15) is 48.0 Å². The van der Waals surface area contributed by atoms with E-state index in [2.05, 4.69) is 10.6 Å². The standard InChI is InChI=1S/C20H22N2O5S/c1-3-19(25)22-15-8-6-14(7-9-15)17(24)12-27-20(26)11-16(21-13(2)23)18-5-4-10-28-18/h4-10,16H,3,11-12H2,1-2H3,(H,21,23)(H,22,25). The quantitative estimate of drug-likeness (QED) is 0.496. The van der Waals surface area contributed by atoms with Crippen LogP contribution < -0.4 is 10.6 Å². The fraction of sp³-hybridized carbons (Fsp3) is 0.300. The van der Waals surface area contributed by atoms with Crippen LogP contribution in [-0.2, 0) is 19.1 Å². The van der Waals surface area contributed by atoms with Crippen LogP contribution in [0.3, 0.4) is 0 Å². The van der Waals surface area contributed by atoms with Gasteiger partial charge in [-0.05, 0) is 35.7 Å². The van der Waals surface area contributed by atoms with E-state index in [1.54, 1.807) is 31.2 Å². The van der Waals surface area contributed by atoms with Gasteiger partial charge in [-0.15, -0.1) is 11.3 Å². The van der Waals surface area contributed by atoms with Crippen molar-refractivity contribution < 1.29 is 23.9 Å². The first-order chi connectivity index (χ1) is 13.4. The Morgan fingerprint density at radius 1 is 1.11 bits per heavy atom. The molecular formula is C20H22N2O5S. The van der Waals surface area contributed by atoms with Gasteiger partial charge < -0.3 is 15.4 Å². The summed E-state index contributed by atoms with van der Waals surface area (Å²) in [6.07, 6.45) is 0.303. The summed E-state index contributed by atoms with van der Waals surface area (Å²) in [7, 11) is 0. The molecule has 2 amide bonds. The summed E-state index contributed by atoms with van der Waals surface area (Å²) < 4.78 is 5.08. The van der Waals surface area contributed by atoms with E-state index in [4.69, 9.17) is 4.74 Å². The first-order valence-corrected chi connectivity index (χ1v) is 9.66. The van der Waals surface area contributed by atoms with Gasteiger partial charge in [-0.25, -0.2) is 0 Å². The largest absolute Gasteiger partial charge is 0.457 e. The number of nitrogens with one attached hydrogen (secondary N) is 2. The zero-order valence-corrected chi connectivity index (χ0v) is 16.5. The van der Waals surface area contributed by atoms with Crippen molar-refractivity contribution in [3.63, 3.8) is 0 Å². The molecule has 0 aliphatic heterocycles. The molecule has 2 N–H and O–H groups in total. The van der Waals surface area contributed by atoms with Gasteiger partial charge in [0.2, 0.25) is 11.8 Å². The predicted octanol–water partition coefficient (Wildman–Crippen LogP) is 3.09. The van der Waals surface area contributed by atoms with Crippen LogP contribution in [0.4, 0.5) is 5.69 Å². The number of amides is 2. The van der Waals surface area contributed by atoms with Gasteiger partial charge in [0.1, 0.15) is 0 Å². The first-order valence-electron chi connectivity index (χ1n) is 8.78. The van der Waals surface area contributed by atoms with Crippen molar-refractivity contribution in [2.24, 2.45) is 0 Å². The van der Waals surface area contributed by atoms with Gasteiger partial charge in [0, 0.05) is 29.5 Å². The lowest BCUT2D eigenvalue weighted by Gasteiger charge is -2.15. The Morgan fingerprint density at radius 3 is 2.39 bits per heavy atom. The SMILES string of the molecule is CCC(=O)Nc1ccc(C(=O)COC(=O)CC(NC(C)=O)c2cccs2)cc1. The lowest BCUT2D eigenvalue weighted by Crippen LogP contribution is -2.28. The van der Waals surface area contributed by atoms with Crippen LogP contribution >= 0.6 is 11.3 Å². The maximum Gasteiger partial charge on any atom is 0.308 e. The lowest BCUT2D eigenvalue weighted by atomic mass is 10.1. The molecule has 2 rings (SSSR count). The average Bonchev–Trinajstić information content (AvgIpc) is 3.20. The maximum absolute atomic E-state index is 12.2. The third-order valence-electron chi connectivity index (χ3n) is 3.81. The number of rotatable bonds is 9. The molecule has 7 nitrogen and oxygen atoms in total. The minimum absolute atomic E-state index is 0.0602. The number of anilines is 1. The Kier molecular flexibility index (Phi) is 7.88. The number of hydrogen-bond donors (Lipinski definition) is 2. The number of carbonyl (C=O) groups excluding carboxylic acids is 4. The number of hydrogen-bond acceptors (Lipinski definition) is 6. The minimum atomic E-state index is -0.577. The molecule has 0 saturated heterocycles. The van der Waals surface area contributed by atoms with E-state index >= 15 is 0 Å². The second-order valence-corrected chi connectivity index (χ2v) is 7.01. The number of ketones is 1. The van der Waals surface area contributed by atoms with Gasteiger partial charge in [-0.2, -0.15) is 0 Å². The van der Waals surface area contributed by atoms with Crippen LogP contribution in [0.15, 0.2) is 41.8 Å². The van der Waals surface area contributed by atoms with Crippen molar-refractivity contribution in [3.05, 3.63) is 52.2 Å². The summed E-state index contributed by atoms with van der Waals surface area (Å²) in [5, 5.41) is 7.25. The molecule has 0 spiro atoms. The molecule has 0 fully saturated rings. The van der Waals surface area contributed by atoms with E-state index in [9.17, 15) is 19.2 Å². The second kappa shape index (κ2) is 10.4. The summed E-state index contributed by atoms with van der Waals surface area (Å²) in [5.41, 5.74) is 0.966. The summed E-state index contributed by atoms with van der Waals surface area (Å²) in [6.45, 7) is 2.73. The molecule has 1 unspecified atom stereocenters. The topological polar surface area (TPSA) is 102 Å². The second-order valence-electron chi connectivity index (χ2n) is 6.04. The van der Waals surface area contributed by atoms with Crippen molar-refractivity contribution in [2.45, 2.75) is 32.7 Å². The van der Waals surface area contributed by atoms with E-state index in [0.29, 0.717) is 17.7 Å². The normalized spacial score (nSPS) is 11.4. The van der Waals surface area contributed by atoms with Crippen molar-refractivity contribution in [1.29, 1.82) is 0 Å². The third kappa shape index (κ3) is 6.62. The fourth-order valence-electron chi connectivity index (χ4n) is 2.40. The van der Waals surface area contributed by atoms with Crippen LogP contribution in [0.25, 0.3) is 0 Å². The lowest BCUT2D eigenvalue weighted by molar-refractivity contribution is -0.143. The van der Waals surface area contributed by atoms with Gasteiger partial charge in [-0.1, -0.05) is 13.0 Å². The molecular weight excluding hydrogens is 380 g/mol. The molecule has 0 radical (unpaired) electrons. The highest BCUT2D eigenvalue weighted by Crippen LogP contribution is 2.22. The Balaban J connectivity index is 1.88. The zero-order chi connectivity index (χ0) is 20.5. The Labute approximate surface area is 167 Å². The van der Waals surface area contributed by atoms with E-state index < -0.39 is 18.6 Å². The third-order valence-corrected chi connectivity index (χ3v) is 4.80. The van der Waals surface area contributed by atoms with E-state index in [0.717, 1.165) is 4.88 Å². The van der Waals surface area contributed by atoms with Crippen molar-refractivity contribution in [3.8, 4) is 0 Å². The number of thiophene rings is 1. The first kappa shape index (κ1) is 21.3. The van der Waals surface area contributed by atoms with E-state index in [-0.39, 0.29) is 24.0 Å². The van der Waals surface area contributed by atoms with Crippen LogP contribution in [0, 0.1) is 0 Å². The average molecular weight is 402 g/mol. The Bertz CT molecular complexity index is 831. The number of Topliss-reactive ketones (excluding diaryl/α,β-unsaturated/α-hetero) is 1. The highest BCUT2D eigenvalue weighted by molar-refractivity contribution is 7.10. The summed E-state index contributed by atoms with van der Waals surface area (Å²) in [4.78, 5) is 47.9. The molecule has 0 aliphatic carbocycles. The molecule has 0 bridgehead atoms. The Hall–Kier alpha value is -3.00. The number of carbonyl (C=O) groups is 4. The number of benzene rings is 1. The van der Waals surface area contributed by atoms with Gasteiger partial charge in [0.15, 0.2) is 12.4 Å². The van der Waals surface area contributed by atoms with Crippen LogP contribution in [-0.4, -0.2) is 30.2 Å². The van der Waals surface area contributed by atoms with E-state index in [1.165, 1.54) is 18.3 Å². The molecule has 1 aromatic carbocycles. The van der Waals surface area contributed by atoms with Crippen LogP contribution in [0.5, 0.6) is 0 Å². The summed E-state index contributed by atoms with van der Waals surface area (Å²) >= 11 is 1.42. The number of esters is 1. The molecule has 8 heteroatoms. The van der Waals surface area contributed by atoms with Crippen molar-refractivity contribution >= 4 is 40.6 Å². The van der Waals surface area contributed by atoms with E-state index in [1.807, 2.05) is 17.5 Å². The molecule has 148 valence electrons. The molecule has 2 aromatic rings. The summed E-state index contributed by atoms with van der Waals surface area (Å²) in [5.74, 6) is -1.30. The van der Waals surface area contributed by atoms with Crippen LogP contribution in [0.2, 0.25) is 0 Å². The molecule has 1 heterocycles. The highest BCUT2D eigenvalue weighted by atomic mass is 32.1. The Morgan fingerprint density at radius 2 is 1.82 bits per heavy atom. The zero-order valence-electron chi connectivity index (χ0n) is 15.7. The van der Waals surface area contributed by atoms with Gasteiger partial charge in [0.25, 0.3) is 0 Å². The number of ether oxygens (including phenoxy) is 1. The van der Waals surface area contributed by atoms with Gasteiger partial charge in [-0.3, -0.25) is 19.2 Å². The minimum Gasteiger partial charge on any atom is -0.457 e. The maximum atomic E-state index is 12.2.